The minimum Gasteiger partial charge on any atom is -0.294 e. The minimum atomic E-state index is -0.171. The second-order valence-electron chi connectivity index (χ2n) is 6.56. The van der Waals surface area contributed by atoms with Crippen molar-refractivity contribution < 1.29 is 9.09 Å². The molecule has 0 N–H and O–H groups in total. The molecule has 0 aromatic heterocycles. The first-order valence-corrected chi connectivity index (χ1v) is 10.6. The predicted molar refractivity (Wildman–Crippen MR) is 97.7 cm³/mol. The van der Waals surface area contributed by atoms with Crippen molar-refractivity contribution in [2.24, 2.45) is 0 Å². The van der Waals surface area contributed by atoms with Crippen LogP contribution in [0, 0.1) is 0 Å². The van der Waals surface area contributed by atoms with Crippen LogP contribution in [0.4, 0.5) is 0 Å². The summed E-state index contributed by atoms with van der Waals surface area (Å²) in [5, 5.41) is 0. The SMILES string of the molecule is CCCCCCCCCCCCCCCCCCCOP=O. The van der Waals surface area contributed by atoms with Crippen LogP contribution < -0.4 is 0 Å². The number of hydrogen-bond donors (Lipinski definition) is 0. The highest BCUT2D eigenvalue weighted by atomic mass is 31.1. The van der Waals surface area contributed by atoms with Gasteiger partial charge in [0.1, 0.15) is 0 Å². The van der Waals surface area contributed by atoms with Crippen molar-refractivity contribution in [3.05, 3.63) is 0 Å². The van der Waals surface area contributed by atoms with Crippen LogP contribution in [0.1, 0.15) is 116 Å². The Kier molecular flexibility index (Phi) is 21.1. The van der Waals surface area contributed by atoms with E-state index >= 15 is 0 Å². The van der Waals surface area contributed by atoms with Crippen molar-refractivity contribution in [2.75, 3.05) is 6.61 Å². The van der Waals surface area contributed by atoms with Gasteiger partial charge in [0.25, 0.3) is 0 Å². The summed E-state index contributed by atoms with van der Waals surface area (Å²) in [6.45, 7) is 2.93. The third-order valence-corrected chi connectivity index (χ3v) is 4.68. The summed E-state index contributed by atoms with van der Waals surface area (Å²) in [6, 6.07) is 0. The minimum absolute atomic E-state index is 0.171. The highest BCUT2D eigenvalue weighted by Crippen LogP contribution is 2.14. The molecule has 3 heteroatoms. The lowest BCUT2D eigenvalue weighted by atomic mass is 10.0. The quantitative estimate of drug-likeness (QED) is 0.178. The normalized spacial score (nSPS) is 11.3. The largest absolute Gasteiger partial charge is 0.327 e. The van der Waals surface area contributed by atoms with Crippen LogP contribution in [0.25, 0.3) is 0 Å². The lowest BCUT2D eigenvalue weighted by molar-refractivity contribution is 0.328. The molecule has 0 saturated heterocycles. The molecule has 0 fully saturated rings. The molecule has 0 saturated carbocycles. The molecule has 0 aliphatic rings. The second-order valence-corrected chi connectivity index (χ2v) is 6.97. The fourth-order valence-electron chi connectivity index (χ4n) is 2.93. The maximum atomic E-state index is 10.1. The maximum Gasteiger partial charge on any atom is 0.327 e. The molecule has 0 radical (unpaired) electrons. The van der Waals surface area contributed by atoms with E-state index in [1.807, 2.05) is 0 Å². The van der Waals surface area contributed by atoms with Gasteiger partial charge in [-0.25, -0.2) is 4.57 Å². The van der Waals surface area contributed by atoms with E-state index < -0.39 is 0 Å². The van der Waals surface area contributed by atoms with Gasteiger partial charge in [-0.2, -0.15) is 0 Å². The van der Waals surface area contributed by atoms with Gasteiger partial charge in [-0.1, -0.05) is 110 Å². The summed E-state index contributed by atoms with van der Waals surface area (Å²) in [5.74, 6) is 0. The molecule has 0 atom stereocenters. The Bertz CT molecular complexity index is 210. The van der Waals surface area contributed by atoms with Crippen LogP contribution in [0.3, 0.4) is 0 Å². The molecule has 2 nitrogen and oxygen atoms in total. The van der Waals surface area contributed by atoms with Crippen molar-refractivity contribution >= 4 is 8.69 Å². The van der Waals surface area contributed by atoms with E-state index in [9.17, 15) is 4.57 Å². The lowest BCUT2D eigenvalue weighted by Gasteiger charge is -2.03. The van der Waals surface area contributed by atoms with Crippen molar-refractivity contribution in [1.29, 1.82) is 0 Å². The summed E-state index contributed by atoms with van der Waals surface area (Å²) >= 11 is 0. The Morgan fingerprint density at radius 1 is 0.545 bits per heavy atom. The smallest absolute Gasteiger partial charge is 0.294 e. The van der Waals surface area contributed by atoms with Crippen LogP contribution in [-0.4, -0.2) is 6.61 Å². The highest BCUT2D eigenvalue weighted by molar-refractivity contribution is 7.17. The van der Waals surface area contributed by atoms with E-state index in [-0.39, 0.29) is 8.69 Å². The molecule has 22 heavy (non-hydrogen) atoms. The van der Waals surface area contributed by atoms with E-state index in [1.165, 1.54) is 103 Å². The monoisotopic (exact) mass is 330 g/mol. The van der Waals surface area contributed by atoms with E-state index in [1.54, 1.807) is 0 Å². The predicted octanol–water partition coefficient (Wildman–Crippen LogP) is 7.86. The van der Waals surface area contributed by atoms with Gasteiger partial charge in [-0.05, 0) is 6.42 Å². The van der Waals surface area contributed by atoms with Crippen molar-refractivity contribution in [1.82, 2.24) is 0 Å². The summed E-state index contributed by atoms with van der Waals surface area (Å²) < 4.78 is 14.8. The van der Waals surface area contributed by atoms with Gasteiger partial charge >= 0.3 is 8.69 Å². The van der Waals surface area contributed by atoms with Gasteiger partial charge in [0.2, 0.25) is 0 Å². The van der Waals surface area contributed by atoms with Gasteiger partial charge in [0, 0.05) is 0 Å². The van der Waals surface area contributed by atoms with Crippen LogP contribution >= 0.6 is 8.69 Å². The Hall–Kier alpha value is 0.0600. The summed E-state index contributed by atoms with van der Waals surface area (Å²) in [5.41, 5.74) is 0. The Morgan fingerprint density at radius 2 is 0.864 bits per heavy atom. The molecule has 0 bridgehead atoms. The number of hydrogen-bond acceptors (Lipinski definition) is 2. The van der Waals surface area contributed by atoms with E-state index in [0.29, 0.717) is 6.61 Å². The van der Waals surface area contributed by atoms with E-state index in [2.05, 4.69) is 6.92 Å². The van der Waals surface area contributed by atoms with Crippen LogP contribution in [0.5, 0.6) is 0 Å². The highest BCUT2D eigenvalue weighted by Gasteiger charge is 1.95. The molecule has 0 aromatic rings. The molecule has 0 heterocycles. The summed E-state index contributed by atoms with van der Waals surface area (Å²) in [4.78, 5) is 0. The number of rotatable bonds is 19. The zero-order valence-electron chi connectivity index (χ0n) is 15.0. The van der Waals surface area contributed by atoms with Crippen LogP contribution in [0.2, 0.25) is 0 Å². The van der Waals surface area contributed by atoms with Crippen LogP contribution in [0.15, 0.2) is 0 Å². The molecule has 0 aliphatic carbocycles. The Morgan fingerprint density at radius 3 is 1.18 bits per heavy atom. The Balaban J connectivity index is 2.92. The van der Waals surface area contributed by atoms with Crippen molar-refractivity contribution in [3.63, 3.8) is 0 Å². The topological polar surface area (TPSA) is 26.3 Å². The maximum absolute atomic E-state index is 10.1. The molecule has 0 amide bonds. The Labute approximate surface area is 141 Å². The third-order valence-electron chi connectivity index (χ3n) is 4.39. The average Bonchev–Trinajstić information content (AvgIpc) is 2.54. The first kappa shape index (κ1) is 22.1. The van der Waals surface area contributed by atoms with Crippen molar-refractivity contribution in [2.45, 2.75) is 116 Å². The van der Waals surface area contributed by atoms with Gasteiger partial charge in [-0.3, -0.25) is 4.52 Å². The summed E-state index contributed by atoms with van der Waals surface area (Å²) in [6.07, 6.45) is 23.5. The molecule has 0 rings (SSSR count). The van der Waals surface area contributed by atoms with Gasteiger partial charge in [0.15, 0.2) is 0 Å². The zero-order chi connectivity index (χ0) is 16.1. The van der Waals surface area contributed by atoms with E-state index in [4.69, 9.17) is 4.52 Å². The fraction of sp³-hybridized carbons (Fsp3) is 1.00. The van der Waals surface area contributed by atoms with Gasteiger partial charge in [-0.15, -0.1) is 0 Å². The van der Waals surface area contributed by atoms with Crippen LogP contribution in [-0.2, 0) is 9.09 Å². The van der Waals surface area contributed by atoms with E-state index in [0.717, 1.165) is 6.42 Å². The van der Waals surface area contributed by atoms with Gasteiger partial charge in [0.05, 0.1) is 6.61 Å². The average molecular weight is 330 g/mol. The molecular formula is C19H39O2P. The molecule has 0 aliphatic heterocycles. The first-order valence-electron chi connectivity index (χ1n) is 9.86. The zero-order valence-corrected chi connectivity index (χ0v) is 15.9. The fourth-order valence-corrected chi connectivity index (χ4v) is 3.13. The summed E-state index contributed by atoms with van der Waals surface area (Å²) in [7, 11) is -0.171. The standard InChI is InChI=1S/C19H39O2P/c1-2-3-4-5-6-7-8-9-10-11-12-13-14-15-16-17-18-19-21-22-20/h2-19H2,1H3. The third kappa shape index (κ3) is 20.1. The molecule has 0 unspecified atom stereocenters. The molecule has 0 aromatic carbocycles. The van der Waals surface area contributed by atoms with Crippen molar-refractivity contribution in [3.8, 4) is 0 Å². The molecule has 132 valence electrons. The number of unbranched alkanes of at least 4 members (excludes halogenated alkanes) is 16. The molecular weight excluding hydrogens is 291 g/mol. The first-order chi connectivity index (χ1) is 10.9. The lowest BCUT2D eigenvalue weighted by Crippen LogP contribution is -1.86. The molecule has 0 spiro atoms. The second kappa shape index (κ2) is 21.1. The van der Waals surface area contributed by atoms with Gasteiger partial charge < -0.3 is 0 Å².